The van der Waals surface area contributed by atoms with Gasteiger partial charge in [0.15, 0.2) is 0 Å². The van der Waals surface area contributed by atoms with Crippen molar-refractivity contribution in [2.45, 2.75) is 40.0 Å². The molecule has 3 rings (SSSR count). The number of aromatic amines is 1. The fourth-order valence-electron chi connectivity index (χ4n) is 2.90. The Morgan fingerprint density at radius 2 is 1.52 bits per heavy atom. The molecule has 21 heavy (non-hydrogen) atoms. The molecular formula is C20H23N. The fraction of sp³-hybridized carbons (Fsp3) is 0.300. The van der Waals surface area contributed by atoms with Gasteiger partial charge in [0.25, 0.3) is 0 Å². The highest BCUT2D eigenvalue weighted by Crippen LogP contribution is 2.29. The minimum atomic E-state index is 0.201. The van der Waals surface area contributed by atoms with Crippen molar-refractivity contribution in [3.63, 3.8) is 0 Å². The molecule has 0 aliphatic rings. The van der Waals surface area contributed by atoms with Gasteiger partial charge in [-0.05, 0) is 53.6 Å². The summed E-state index contributed by atoms with van der Waals surface area (Å²) >= 11 is 0. The first-order valence-corrected chi connectivity index (χ1v) is 7.55. The lowest BCUT2D eigenvalue weighted by molar-refractivity contribution is 0.590. The summed E-state index contributed by atoms with van der Waals surface area (Å²) in [4.78, 5) is 3.55. The summed E-state index contributed by atoms with van der Waals surface area (Å²) in [7, 11) is 0. The average molecular weight is 277 g/mol. The summed E-state index contributed by atoms with van der Waals surface area (Å²) in [5.41, 5.74) is 7.87. The van der Waals surface area contributed by atoms with Crippen LogP contribution in [-0.2, 0) is 5.41 Å². The molecule has 2 aromatic carbocycles. The van der Waals surface area contributed by atoms with Crippen LogP contribution in [0.1, 0.15) is 37.5 Å². The average Bonchev–Trinajstić information content (AvgIpc) is 2.82. The van der Waals surface area contributed by atoms with Crippen LogP contribution in [0, 0.1) is 13.8 Å². The largest absolute Gasteiger partial charge is 0.355 e. The quantitative estimate of drug-likeness (QED) is 0.583. The van der Waals surface area contributed by atoms with E-state index in [0.717, 1.165) is 0 Å². The van der Waals surface area contributed by atoms with E-state index in [9.17, 15) is 0 Å². The minimum absolute atomic E-state index is 0.201. The first kappa shape index (κ1) is 13.9. The number of fused-ring (bicyclic) bond motifs is 1. The molecule has 0 saturated carbocycles. The molecule has 0 aliphatic carbocycles. The molecule has 0 unspecified atom stereocenters. The van der Waals surface area contributed by atoms with Crippen molar-refractivity contribution in [2.75, 3.05) is 0 Å². The third kappa shape index (κ3) is 2.61. The van der Waals surface area contributed by atoms with Crippen molar-refractivity contribution in [1.82, 2.24) is 4.98 Å². The second-order valence-electron chi connectivity index (χ2n) is 7.05. The molecular weight excluding hydrogens is 254 g/mol. The SMILES string of the molecule is Cc1cc(C)c2cc(-c3ccc(C(C)(C)C)cc3)[nH]c2c1. The predicted molar refractivity (Wildman–Crippen MR) is 91.9 cm³/mol. The number of aryl methyl sites for hydroxylation is 2. The molecule has 0 amide bonds. The van der Waals surface area contributed by atoms with Gasteiger partial charge in [-0.1, -0.05) is 51.1 Å². The molecule has 1 nitrogen and oxygen atoms in total. The highest BCUT2D eigenvalue weighted by Gasteiger charge is 2.13. The van der Waals surface area contributed by atoms with Crippen LogP contribution in [0.4, 0.5) is 0 Å². The number of rotatable bonds is 1. The Morgan fingerprint density at radius 1 is 0.857 bits per heavy atom. The van der Waals surface area contributed by atoms with Crippen LogP contribution in [0.3, 0.4) is 0 Å². The van der Waals surface area contributed by atoms with E-state index in [4.69, 9.17) is 0 Å². The van der Waals surface area contributed by atoms with Crippen LogP contribution in [0.25, 0.3) is 22.2 Å². The smallest absolute Gasteiger partial charge is 0.0464 e. The highest BCUT2D eigenvalue weighted by atomic mass is 14.7. The molecule has 1 N–H and O–H groups in total. The molecule has 0 atom stereocenters. The molecule has 1 heterocycles. The van der Waals surface area contributed by atoms with Crippen molar-refractivity contribution >= 4 is 10.9 Å². The van der Waals surface area contributed by atoms with Crippen molar-refractivity contribution in [1.29, 1.82) is 0 Å². The van der Waals surface area contributed by atoms with E-state index in [2.05, 4.69) is 82.1 Å². The second kappa shape index (κ2) is 4.77. The van der Waals surface area contributed by atoms with Crippen molar-refractivity contribution in [3.8, 4) is 11.3 Å². The molecule has 1 aromatic heterocycles. The summed E-state index contributed by atoms with van der Waals surface area (Å²) in [5.74, 6) is 0. The topological polar surface area (TPSA) is 15.8 Å². The number of nitrogens with one attached hydrogen (secondary N) is 1. The first-order chi connectivity index (χ1) is 9.84. The Morgan fingerprint density at radius 3 is 2.14 bits per heavy atom. The van der Waals surface area contributed by atoms with Gasteiger partial charge in [-0.3, -0.25) is 0 Å². The molecule has 0 saturated heterocycles. The third-order valence-corrected chi connectivity index (χ3v) is 4.15. The monoisotopic (exact) mass is 277 g/mol. The summed E-state index contributed by atoms with van der Waals surface area (Å²) in [6.45, 7) is 11.1. The first-order valence-electron chi connectivity index (χ1n) is 7.55. The van der Waals surface area contributed by atoms with Crippen LogP contribution in [0.2, 0.25) is 0 Å². The standard InChI is InChI=1S/C20H23N/c1-13-10-14(2)17-12-18(21-19(17)11-13)15-6-8-16(9-7-15)20(3,4)5/h6-12,21H,1-5H3. The molecule has 0 radical (unpaired) electrons. The van der Waals surface area contributed by atoms with E-state index in [0.29, 0.717) is 0 Å². The van der Waals surface area contributed by atoms with Crippen molar-refractivity contribution in [2.24, 2.45) is 0 Å². The summed E-state index contributed by atoms with van der Waals surface area (Å²) in [6.07, 6.45) is 0. The molecule has 3 aromatic rings. The molecule has 0 fully saturated rings. The van der Waals surface area contributed by atoms with Gasteiger partial charge in [0.05, 0.1) is 0 Å². The Bertz CT molecular complexity index is 783. The zero-order valence-electron chi connectivity index (χ0n) is 13.5. The number of hydrogen-bond donors (Lipinski definition) is 1. The Hall–Kier alpha value is -2.02. The van der Waals surface area contributed by atoms with Crippen LogP contribution < -0.4 is 0 Å². The highest BCUT2D eigenvalue weighted by molar-refractivity contribution is 5.89. The van der Waals surface area contributed by atoms with Crippen LogP contribution in [-0.4, -0.2) is 4.98 Å². The van der Waals surface area contributed by atoms with E-state index in [1.807, 2.05) is 0 Å². The number of aromatic nitrogens is 1. The fourth-order valence-corrected chi connectivity index (χ4v) is 2.90. The van der Waals surface area contributed by atoms with E-state index < -0.39 is 0 Å². The van der Waals surface area contributed by atoms with E-state index >= 15 is 0 Å². The van der Waals surface area contributed by atoms with Gasteiger partial charge in [0, 0.05) is 16.6 Å². The van der Waals surface area contributed by atoms with Gasteiger partial charge in [-0.2, -0.15) is 0 Å². The number of H-pyrrole nitrogens is 1. The van der Waals surface area contributed by atoms with Gasteiger partial charge >= 0.3 is 0 Å². The maximum atomic E-state index is 3.55. The molecule has 108 valence electrons. The second-order valence-corrected chi connectivity index (χ2v) is 7.05. The Labute approximate surface area is 127 Å². The molecule has 0 spiro atoms. The maximum Gasteiger partial charge on any atom is 0.0464 e. The van der Waals surface area contributed by atoms with Crippen LogP contribution in [0.5, 0.6) is 0 Å². The van der Waals surface area contributed by atoms with Gasteiger partial charge in [0.1, 0.15) is 0 Å². The van der Waals surface area contributed by atoms with Crippen molar-refractivity contribution in [3.05, 3.63) is 59.2 Å². The van der Waals surface area contributed by atoms with Gasteiger partial charge in [-0.25, -0.2) is 0 Å². The lowest BCUT2D eigenvalue weighted by atomic mass is 9.86. The summed E-state index contributed by atoms with van der Waals surface area (Å²) in [5, 5.41) is 1.32. The van der Waals surface area contributed by atoms with Gasteiger partial charge in [-0.15, -0.1) is 0 Å². The van der Waals surface area contributed by atoms with Crippen molar-refractivity contribution < 1.29 is 0 Å². The van der Waals surface area contributed by atoms with E-state index in [-0.39, 0.29) is 5.41 Å². The van der Waals surface area contributed by atoms with E-state index in [1.165, 1.54) is 38.9 Å². The van der Waals surface area contributed by atoms with Crippen LogP contribution in [0.15, 0.2) is 42.5 Å². The zero-order valence-corrected chi connectivity index (χ0v) is 13.5. The summed E-state index contributed by atoms with van der Waals surface area (Å²) in [6, 6.07) is 15.6. The predicted octanol–water partition coefficient (Wildman–Crippen LogP) is 5.75. The lowest BCUT2D eigenvalue weighted by Crippen LogP contribution is -2.10. The zero-order chi connectivity index (χ0) is 15.2. The maximum absolute atomic E-state index is 3.55. The molecule has 1 heteroatoms. The Kier molecular flexibility index (Phi) is 3.16. The van der Waals surface area contributed by atoms with Gasteiger partial charge in [0.2, 0.25) is 0 Å². The Balaban J connectivity index is 2.06. The van der Waals surface area contributed by atoms with Gasteiger partial charge < -0.3 is 4.98 Å². The molecule has 0 aliphatic heterocycles. The minimum Gasteiger partial charge on any atom is -0.355 e. The third-order valence-electron chi connectivity index (χ3n) is 4.15. The van der Waals surface area contributed by atoms with E-state index in [1.54, 1.807) is 0 Å². The molecule has 0 bridgehead atoms. The lowest BCUT2D eigenvalue weighted by Gasteiger charge is -2.19. The van der Waals surface area contributed by atoms with Crippen LogP contribution >= 0.6 is 0 Å². The summed E-state index contributed by atoms with van der Waals surface area (Å²) < 4.78 is 0. The normalized spacial score (nSPS) is 12.0. The number of benzene rings is 2. The number of hydrogen-bond acceptors (Lipinski definition) is 0.